The predicted molar refractivity (Wildman–Crippen MR) is 191 cm³/mol. The number of aromatic nitrogens is 4. The van der Waals surface area contributed by atoms with Gasteiger partial charge in [0.15, 0.2) is 11.4 Å². The van der Waals surface area contributed by atoms with Crippen LogP contribution in [0.4, 0.5) is 0 Å². The summed E-state index contributed by atoms with van der Waals surface area (Å²) in [6.07, 6.45) is 2.67. The van der Waals surface area contributed by atoms with Gasteiger partial charge in [-0.15, -0.1) is 0 Å². The van der Waals surface area contributed by atoms with Gasteiger partial charge in [-0.3, -0.25) is 19.2 Å². The molecule has 0 aliphatic rings. The van der Waals surface area contributed by atoms with Gasteiger partial charge >= 0.3 is 11.9 Å². The fourth-order valence-electron chi connectivity index (χ4n) is 5.00. The molecular weight excluding hydrogens is 684 g/mol. The van der Waals surface area contributed by atoms with Crippen molar-refractivity contribution in [1.82, 2.24) is 41.2 Å². The highest BCUT2D eigenvalue weighted by molar-refractivity contribution is 6.06. The molecule has 16 heteroatoms. The van der Waals surface area contributed by atoms with Crippen molar-refractivity contribution < 1.29 is 38.2 Å². The average molecular weight is 729 g/mol. The van der Waals surface area contributed by atoms with Crippen LogP contribution in [-0.4, -0.2) is 80.7 Å². The van der Waals surface area contributed by atoms with Crippen LogP contribution in [0.5, 0.6) is 0 Å². The maximum absolute atomic E-state index is 13.1. The Morgan fingerprint density at radius 3 is 1.32 bits per heavy atom. The van der Waals surface area contributed by atoms with E-state index in [9.17, 15) is 28.8 Å². The van der Waals surface area contributed by atoms with Crippen molar-refractivity contribution in [2.75, 3.05) is 13.1 Å². The zero-order valence-electron chi connectivity index (χ0n) is 29.9. The quantitative estimate of drug-likeness (QED) is 0.0649. The summed E-state index contributed by atoms with van der Waals surface area (Å²) < 4.78 is 10.8. The van der Waals surface area contributed by atoms with Gasteiger partial charge in [-0.05, 0) is 29.4 Å². The zero-order chi connectivity index (χ0) is 38.3. The number of benzene rings is 2. The molecule has 0 saturated heterocycles. The van der Waals surface area contributed by atoms with Gasteiger partial charge in [0.2, 0.25) is 0 Å². The first-order valence-electron chi connectivity index (χ1n) is 17.1. The van der Waals surface area contributed by atoms with E-state index in [0.29, 0.717) is 0 Å². The lowest BCUT2D eigenvalue weighted by Gasteiger charge is -2.20. The molecule has 16 nitrogen and oxygen atoms in total. The van der Waals surface area contributed by atoms with Crippen LogP contribution in [0.15, 0.2) is 73.3 Å². The molecule has 4 aromatic rings. The van der Waals surface area contributed by atoms with E-state index in [-0.39, 0.29) is 67.3 Å². The molecule has 2 heterocycles. The SMILES string of the molecule is CC(C)C(NC(=O)c1nc[nH]c1C(=O)NCCCNC(=O)c1[nH]cnc1C(=O)NC(C(=O)OCc1ccccc1)C(C)C)C(=O)OCc1ccccc1. The monoisotopic (exact) mass is 728 g/mol. The summed E-state index contributed by atoms with van der Waals surface area (Å²) in [7, 11) is 0. The third-order valence-corrected chi connectivity index (χ3v) is 7.95. The Morgan fingerprint density at radius 1 is 0.585 bits per heavy atom. The Hall–Kier alpha value is -6.32. The van der Waals surface area contributed by atoms with Gasteiger partial charge in [0, 0.05) is 13.1 Å². The first-order chi connectivity index (χ1) is 25.5. The van der Waals surface area contributed by atoms with Crippen molar-refractivity contribution in [3.8, 4) is 0 Å². The molecule has 4 rings (SSSR count). The molecule has 0 fully saturated rings. The molecule has 2 aromatic carbocycles. The van der Waals surface area contributed by atoms with Crippen LogP contribution < -0.4 is 21.3 Å². The zero-order valence-corrected chi connectivity index (χ0v) is 29.9. The van der Waals surface area contributed by atoms with Gasteiger partial charge in [0.05, 0.1) is 12.7 Å². The fraction of sp³-hybridized carbons (Fsp3) is 0.351. The molecule has 0 spiro atoms. The van der Waals surface area contributed by atoms with Crippen molar-refractivity contribution in [3.63, 3.8) is 0 Å². The Balaban J connectivity index is 1.23. The van der Waals surface area contributed by atoms with Gasteiger partial charge in [-0.25, -0.2) is 19.6 Å². The number of H-pyrrole nitrogens is 2. The first kappa shape index (κ1) is 39.5. The summed E-state index contributed by atoms with van der Waals surface area (Å²) in [5.74, 6) is -4.59. The topological polar surface area (TPSA) is 226 Å². The number of carbonyl (C=O) groups is 6. The normalized spacial score (nSPS) is 12.0. The van der Waals surface area contributed by atoms with Crippen LogP contribution in [0.1, 0.15) is 87.2 Å². The molecule has 6 N–H and O–H groups in total. The Morgan fingerprint density at radius 2 is 0.962 bits per heavy atom. The van der Waals surface area contributed by atoms with Gasteiger partial charge in [-0.2, -0.15) is 0 Å². The molecule has 0 bridgehead atoms. The van der Waals surface area contributed by atoms with E-state index in [1.165, 1.54) is 12.7 Å². The third-order valence-electron chi connectivity index (χ3n) is 7.95. The van der Waals surface area contributed by atoms with Crippen LogP contribution >= 0.6 is 0 Å². The van der Waals surface area contributed by atoms with E-state index in [1.54, 1.807) is 27.7 Å². The first-order valence-corrected chi connectivity index (χ1v) is 17.1. The predicted octanol–water partition coefficient (Wildman–Crippen LogP) is 2.68. The van der Waals surface area contributed by atoms with Crippen molar-refractivity contribution in [3.05, 3.63) is 107 Å². The molecule has 0 aliphatic heterocycles. The lowest BCUT2D eigenvalue weighted by Crippen LogP contribution is -2.46. The number of hydrogen-bond acceptors (Lipinski definition) is 10. The fourth-order valence-corrected chi connectivity index (χ4v) is 5.00. The molecule has 280 valence electrons. The van der Waals surface area contributed by atoms with Crippen LogP contribution in [0.2, 0.25) is 0 Å². The van der Waals surface area contributed by atoms with E-state index in [4.69, 9.17) is 9.47 Å². The second-order valence-electron chi connectivity index (χ2n) is 12.7. The number of carbonyl (C=O) groups excluding carboxylic acids is 6. The lowest BCUT2D eigenvalue weighted by atomic mass is 10.0. The van der Waals surface area contributed by atoms with Crippen molar-refractivity contribution >= 4 is 35.6 Å². The standard InChI is InChI=1S/C37H44N8O8/c1-22(2)26(36(50)52-18-24-12-7-5-8-13-24)44-34(48)30-28(40-20-42-30)32(46)38-16-11-17-39-33(47)29-31(43-21-41-29)35(49)45-27(23(3)4)37(51)53-19-25-14-9-6-10-15-25/h5-10,12-15,20-23,26-27H,11,16-19H2,1-4H3,(H,38,46)(H,39,47)(H,40,42)(H,41,43)(H,44,48)(H,45,49). The van der Waals surface area contributed by atoms with Crippen LogP contribution in [-0.2, 0) is 32.3 Å². The number of ether oxygens (including phenoxy) is 2. The summed E-state index contributed by atoms with van der Waals surface area (Å²) >= 11 is 0. The number of esters is 2. The Labute approximate surface area is 306 Å². The van der Waals surface area contributed by atoms with Crippen molar-refractivity contribution in [2.24, 2.45) is 11.8 Å². The summed E-state index contributed by atoms with van der Waals surface area (Å²) in [4.78, 5) is 90.8. The minimum absolute atomic E-state index is 0.0420. The number of nitrogens with one attached hydrogen (secondary N) is 6. The minimum Gasteiger partial charge on any atom is -0.459 e. The maximum atomic E-state index is 13.1. The second kappa shape index (κ2) is 19.3. The highest BCUT2D eigenvalue weighted by Crippen LogP contribution is 2.12. The van der Waals surface area contributed by atoms with Crippen molar-refractivity contribution in [1.29, 1.82) is 0 Å². The Kier molecular flexibility index (Phi) is 14.4. The largest absolute Gasteiger partial charge is 0.459 e. The van der Waals surface area contributed by atoms with E-state index < -0.39 is 47.7 Å². The van der Waals surface area contributed by atoms with Gasteiger partial charge in [0.25, 0.3) is 23.6 Å². The summed E-state index contributed by atoms with van der Waals surface area (Å²) in [5.41, 5.74) is 0.972. The van der Waals surface area contributed by atoms with Crippen LogP contribution in [0, 0.1) is 11.8 Å². The van der Waals surface area contributed by atoms with E-state index in [1.807, 2.05) is 60.7 Å². The molecular formula is C37H44N8O8. The van der Waals surface area contributed by atoms with E-state index >= 15 is 0 Å². The highest BCUT2D eigenvalue weighted by Gasteiger charge is 2.31. The van der Waals surface area contributed by atoms with E-state index in [0.717, 1.165) is 11.1 Å². The molecule has 2 aromatic heterocycles. The maximum Gasteiger partial charge on any atom is 0.329 e. The average Bonchev–Trinajstić information content (AvgIpc) is 3.86. The number of hydrogen-bond donors (Lipinski definition) is 6. The molecule has 0 saturated carbocycles. The summed E-state index contributed by atoms with van der Waals surface area (Å²) in [6, 6.07) is 16.3. The molecule has 0 radical (unpaired) electrons. The lowest BCUT2D eigenvalue weighted by molar-refractivity contribution is -0.149. The van der Waals surface area contributed by atoms with Crippen molar-refractivity contribution in [2.45, 2.75) is 59.4 Å². The molecule has 2 unspecified atom stereocenters. The number of rotatable bonds is 18. The number of nitrogens with zero attached hydrogens (tertiary/aromatic N) is 2. The van der Waals surface area contributed by atoms with E-state index in [2.05, 4.69) is 41.2 Å². The van der Waals surface area contributed by atoms with Gasteiger partial charge < -0.3 is 40.7 Å². The molecule has 4 amide bonds. The second-order valence-corrected chi connectivity index (χ2v) is 12.7. The highest BCUT2D eigenvalue weighted by atomic mass is 16.5. The third kappa shape index (κ3) is 11.3. The Bertz CT molecular complexity index is 1720. The molecule has 2 atom stereocenters. The number of imidazole rings is 2. The van der Waals surface area contributed by atoms with Gasteiger partial charge in [-0.1, -0.05) is 88.4 Å². The number of amides is 4. The molecule has 53 heavy (non-hydrogen) atoms. The smallest absolute Gasteiger partial charge is 0.329 e. The van der Waals surface area contributed by atoms with Gasteiger partial charge in [0.1, 0.15) is 36.7 Å². The van der Waals surface area contributed by atoms with Crippen LogP contribution in [0.25, 0.3) is 0 Å². The summed E-state index contributed by atoms with van der Waals surface area (Å²) in [6.45, 7) is 7.31. The minimum atomic E-state index is -0.984. The van der Waals surface area contributed by atoms with Crippen LogP contribution in [0.3, 0.4) is 0 Å². The summed E-state index contributed by atoms with van der Waals surface area (Å²) in [5, 5.41) is 10.5. The number of aromatic amines is 2. The molecule has 0 aliphatic carbocycles.